The molecule has 0 unspecified atom stereocenters. The summed E-state index contributed by atoms with van der Waals surface area (Å²) < 4.78 is 13.8. The number of hydrogen-bond donors (Lipinski definition) is 6. The van der Waals surface area contributed by atoms with E-state index in [1.165, 1.54) is 0 Å². The van der Waals surface area contributed by atoms with E-state index in [1.807, 2.05) is 126 Å². The lowest BCUT2D eigenvalue weighted by Gasteiger charge is -2.39. The van der Waals surface area contributed by atoms with Crippen molar-refractivity contribution in [2.75, 3.05) is 67.3 Å². The van der Waals surface area contributed by atoms with Crippen LogP contribution in [0.4, 0.5) is 37.1 Å². The summed E-state index contributed by atoms with van der Waals surface area (Å²) in [5.41, 5.74) is 6.08. The zero-order chi connectivity index (χ0) is 44.0. The fourth-order valence-electron chi connectivity index (χ4n) is 6.90. The summed E-state index contributed by atoms with van der Waals surface area (Å²) in [5.74, 6) is 0. The first-order chi connectivity index (χ1) is 29.2. The number of carbonyl (C=O) groups is 3. The lowest BCUT2D eigenvalue weighted by atomic mass is 10.3. The molecule has 4 aromatic rings. The normalized spacial score (nSPS) is 11.3. The SMILES string of the molecule is C.C.C[Si](C)(CCCN(CCNOCNc1ccccc1)C(=O)Nc1ccccc1)O[Si](C)(C)O[Si](C)(C)CCCN(CCNC(=O)Nc1ccccc1)C(=O)Nc1ccccc1. The van der Waals surface area contributed by atoms with Crippen LogP contribution in [0.5, 0.6) is 0 Å². The van der Waals surface area contributed by atoms with Gasteiger partial charge in [0.15, 0.2) is 16.6 Å². The van der Waals surface area contributed by atoms with Crippen molar-refractivity contribution >= 4 is 66.0 Å². The Balaban J connectivity index is 0.00000683. The summed E-state index contributed by atoms with van der Waals surface area (Å²) in [6.07, 6.45) is 1.53. The van der Waals surface area contributed by atoms with Gasteiger partial charge in [-0.2, -0.15) is 5.48 Å². The number of rotatable bonds is 25. The molecule has 14 nitrogen and oxygen atoms in total. The lowest BCUT2D eigenvalue weighted by molar-refractivity contribution is 0.0507. The molecule has 0 saturated heterocycles. The van der Waals surface area contributed by atoms with Gasteiger partial charge < -0.3 is 44.6 Å². The molecule has 0 aliphatic carbocycles. The van der Waals surface area contributed by atoms with Gasteiger partial charge in [-0.05, 0) is 113 Å². The largest absolute Gasteiger partial charge is 0.437 e. The minimum absolute atomic E-state index is 0. The van der Waals surface area contributed by atoms with Gasteiger partial charge in [-0.1, -0.05) is 87.6 Å². The van der Waals surface area contributed by atoms with Gasteiger partial charge >= 0.3 is 26.7 Å². The number of amides is 6. The van der Waals surface area contributed by atoms with E-state index in [9.17, 15) is 14.4 Å². The average molecular weight is 919 g/mol. The number of hydrogen-bond acceptors (Lipinski definition) is 8. The number of hydroxylamine groups is 1. The van der Waals surface area contributed by atoms with Gasteiger partial charge in [-0.3, -0.25) is 4.84 Å². The van der Waals surface area contributed by atoms with Crippen LogP contribution in [0.25, 0.3) is 0 Å². The summed E-state index contributed by atoms with van der Waals surface area (Å²) >= 11 is 0. The van der Waals surface area contributed by atoms with E-state index in [4.69, 9.17) is 13.1 Å². The summed E-state index contributed by atoms with van der Waals surface area (Å²) in [5, 5.41) is 14.9. The molecule has 0 bridgehead atoms. The molecule has 6 amide bonds. The third kappa shape index (κ3) is 22.3. The molecule has 6 N–H and O–H groups in total. The quantitative estimate of drug-likeness (QED) is 0.0166. The van der Waals surface area contributed by atoms with Gasteiger partial charge in [0.25, 0.3) is 0 Å². The standard InChI is InChI=1S/C44H66N8O6Si3.2CH4/c1-59(2,35-19-31-51(43(54)49-40-25-15-9-16-26-40)33-29-45-42(53)48-39-23-13-8-14-24-39)57-61(5,6)58-60(3,4)36-20-32-52(44(55)50-41-27-17-10-18-28-41)34-30-47-56-37-46-38-21-11-7-12-22-38;;/h7-18,21-28,46-47H,19-20,29-37H2,1-6H3,(H,49,54)(H,50,55)(H2,45,48,53);2*1H4. The first-order valence-corrected chi connectivity index (χ1v) is 30.1. The maximum atomic E-state index is 13.4. The number of nitrogens with one attached hydrogen (secondary N) is 6. The lowest BCUT2D eigenvalue weighted by Crippen LogP contribution is -2.52. The number of para-hydroxylation sites is 4. The molecule has 4 aromatic carbocycles. The van der Waals surface area contributed by atoms with Gasteiger partial charge in [0, 0.05) is 62.0 Å². The second-order valence-electron chi connectivity index (χ2n) is 16.4. The van der Waals surface area contributed by atoms with Gasteiger partial charge in [0.2, 0.25) is 0 Å². The predicted molar refractivity (Wildman–Crippen MR) is 268 cm³/mol. The van der Waals surface area contributed by atoms with Crippen LogP contribution >= 0.6 is 0 Å². The van der Waals surface area contributed by atoms with Crippen molar-refractivity contribution in [3.63, 3.8) is 0 Å². The smallest absolute Gasteiger partial charge is 0.321 e. The van der Waals surface area contributed by atoms with Crippen molar-refractivity contribution in [2.45, 2.75) is 79.1 Å². The summed E-state index contributed by atoms with van der Waals surface area (Å²) in [6, 6.07) is 38.9. The molecule has 346 valence electrons. The van der Waals surface area contributed by atoms with Crippen molar-refractivity contribution in [2.24, 2.45) is 0 Å². The zero-order valence-corrected chi connectivity index (χ0v) is 39.7. The van der Waals surface area contributed by atoms with Gasteiger partial charge in [0.05, 0.1) is 0 Å². The summed E-state index contributed by atoms with van der Waals surface area (Å²) in [6.45, 7) is 16.0. The second-order valence-corrected chi connectivity index (χ2v) is 28.8. The van der Waals surface area contributed by atoms with E-state index in [-0.39, 0.29) is 39.7 Å². The highest BCUT2D eigenvalue weighted by atomic mass is 28.5. The van der Waals surface area contributed by atoms with Crippen LogP contribution in [-0.2, 0) is 13.1 Å². The van der Waals surface area contributed by atoms with Crippen LogP contribution in [0, 0.1) is 0 Å². The van der Waals surface area contributed by atoms with Crippen LogP contribution < -0.4 is 32.1 Å². The van der Waals surface area contributed by atoms with Crippen LogP contribution in [-0.4, -0.2) is 99.1 Å². The van der Waals surface area contributed by atoms with E-state index in [1.54, 1.807) is 4.90 Å². The van der Waals surface area contributed by atoms with Crippen LogP contribution in [0.1, 0.15) is 27.7 Å². The molecule has 0 aliphatic rings. The first-order valence-electron chi connectivity index (χ1n) is 21.0. The number of nitrogens with zero attached hydrogens (tertiary/aromatic N) is 2. The van der Waals surface area contributed by atoms with E-state index in [2.05, 4.69) is 71.3 Å². The van der Waals surface area contributed by atoms with Crippen molar-refractivity contribution in [3.8, 4) is 0 Å². The number of anilines is 4. The molecule has 0 spiro atoms. The van der Waals surface area contributed by atoms with Gasteiger partial charge in [-0.25, -0.2) is 14.4 Å². The van der Waals surface area contributed by atoms with E-state index in [0.29, 0.717) is 50.6 Å². The third-order valence-electron chi connectivity index (χ3n) is 9.49. The number of carbonyl (C=O) groups excluding carboxylic acids is 3. The van der Waals surface area contributed by atoms with Crippen LogP contribution in [0.3, 0.4) is 0 Å². The third-order valence-corrected chi connectivity index (χ3v) is 21.0. The maximum Gasteiger partial charge on any atom is 0.321 e. The Morgan fingerprint density at radius 3 is 1.32 bits per heavy atom. The Kier molecular flexibility index (Phi) is 24.0. The Labute approximate surface area is 380 Å². The second kappa shape index (κ2) is 27.9. The zero-order valence-electron chi connectivity index (χ0n) is 36.7. The Bertz CT molecular complexity index is 1880. The maximum absolute atomic E-state index is 13.4. The molecular weight excluding hydrogens is 845 g/mol. The van der Waals surface area contributed by atoms with E-state index < -0.39 is 25.2 Å². The van der Waals surface area contributed by atoms with E-state index in [0.717, 1.165) is 36.3 Å². The molecule has 0 aromatic heterocycles. The van der Waals surface area contributed by atoms with Gasteiger partial charge in [-0.15, -0.1) is 0 Å². The first kappa shape index (κ1) is 54.1. The Morgan fingerprint density at radius 2 is 0.889 bits per heavy atom. The molecule has 0 saturated carbocycles. The Morgan fingerprint density at radius 1 is 0.508 bits per heavy atom. The van der Waals surface area contributed by atoms with Crippen molar-refractivity contribution in [1.29, 1.82) is 0 Å². The topological polar surface area (TPSA) is 158 Å². The minimum Gasteiger partial charge on any atom is -0.437 e. The molecule has 0 heterocycles. The molecule has 0 aliphatic heterocycles. The Hall–Kier alpha value is -5.02. The molecule has 17 heteroatoms. The molecule has 0 radical (unpaired) electrons. The highest BCUT2D eigenvalue weighted by Gasteiger charge is 2.39. The predicted octanol–water partition coefficient (Wildman–Crippen LogP) is 10.7. The van der Waals surface area contributed by atoms with Crippen molar-refractivity contribution in [1.82, 2.24) is 20.6 Å². The molecule has 0 fully saturated rings. The highest BCUT2D eigenvalue weighted by molar-refractivity contribution is 6.87. The average Bonchev–Trinajstić information content (AvgIpc) is 3.21. The monoisotopic (exact) mass is 919 g/mol. The van der Waals surface area contributed by atoms with Crippen LogP contribution in [0.2, 0.25) is 51.4 Å². The molecule has 4 rings (SSSR count). The van der Waals surface area contributed by atoms with Crippen LogP contribution in [0.15, 0.2) is 121 Å². The fourth-order valence-corrected chi connectivity index (χ4v) is 20.9. The number of benzene rings is 4. The molecule has 63 heavy (non-hydrogen) atoms. The van der Waals surface area contributed by atoms with E-state index >= 15 is 0 Å². The molecule has 0 atom stereocenters. The summed E-state index contributed by atoms with van der Waals surface area (Å²) in [7, 11) is -6.96. The number of urea groups is 3. The molecular formula is C46H74N8O6Si3. The van der Waals surface area contributed by atoms with Crippen molar-refractivity contribution in [3.05, 3.63) is 121 Å². The highest BCUT2D eigenvalue weighted by Crippen LogP contribution is 2.26. The fraction of sp³-hybridized carbons (Fsp3) is 0.413. The summed E-state index contributed by atoms with van der Waals surface area (Å²) in [4.78, 5) is 48.5. The van der Waals surface area contributed by atoms with Gasteiger partial charge in [0.1, 0.15) is 6.73 Å². The van der Waals surface area contributed by atoms with Crippen molar-refractivity contribution < 1.29 is 27.5 Å². The minimum atomic E-state index is -2.55.